The van der Waals surface area contributed by atoms with Crippen molar-refractivity contribution in [1.82, 2.24) is 8.78 Å². The van der Waals surface area contributed by atoms with Gasteiger partial charge >= 0.3 is 0 Å². The van der Waals surface area contributed by atoms with Crippen molar-refractivity contribution in [3.05, 3.63) is 116 Å². The van der Waals surface area contributed by atoms with Crippen LogP contribution in [0.4, 0.5) is 13.2 Å². The molecule has 2 aliphatic carbocycles. The summed E-state index contributed by atoms with van der Waals surface area (Å²) in [6.45, 7) is 37.3. The molecule has 572 valence electrons. The molecule has 0 radical (unpaired) electrons. The average molecular weight is 1770 g/mol. The van der Waals surface area contributed by atoms with Crippen LogP contribution in [-0.2, 0) is 102 Å². The van der Waals surface area contributed by atoms with Gasteiger partial charge in [0.15, 0.2) is 45.7 Å². The number of halogens is 5. The van der Waals surface area contributed by atoms with Crippen molar-refractivity contribution in [3.63, 3.8) is 0 Å². The molecular formula is C64H97Br2F3N4O16S10Si2. The van der Waals surface area contributed by atoms with Crippen LogP contribution in [0.25, 0.3) is 0 Å². The van der Waals surface area contributed by atoms with Gasteiger partial charge in [-0.25, -0.2) is 74.3 Å². The van der Waals surface area contributed by atoms with Crippen molar-refractivity contribution < 1.29 is 85.6 Å². The molecule has 5 aromatic heterocycles. The molecule has 37 heteroatoms. The first-order chi connectivity index (χ1) is 44.9. The fourth-order valence-electron chi connectivity index (χ4n) is 9.08. The highest BCUT2D eigenvalue weighted by Crippen LogP contribution is 2.46. The number of aliphatic hydroxyl groups is 5. The van der Waals surface area contributed by atoms with Gasteiger partial charge in [-0.3, -0.25) is 4.79 Å². The van der Waals surface area contributed by atoms with Crippen molar-refractivity contribution in [2.75, 3.05) is 5.75 Å². The van der Waals surface area contributed by atoms with Crippen LogP contribution in [0.15, 0.2) is 72.5 Å². The Hall–Kier alpha value is -2.04. The van der Waals surface area contributed by atoms with Crippen LogP contribution in [-0.4, -0.2) is 95.6 Å². The Bertz CT molecular complexity index is 4380. The standard InChI is InChI=1S/C24H29FO4S2.C13H24BrNO3S2Si.C13H24FNO3S2Si.C7H10BrNO3S2.C7H10FNO3S2/c1-14(15-7-8-15)18-10-9-16-5-4-6-19(16)20(18)11-17(26)13-31(28,29)23-21(25)12-22(30-23)24(2,3)27;2*1-12(2,3)21(6,7)15-20(17,18)11-9(14)8-10(19-11)13(4,5)16;2*1-7(2,10)5-3-4(8)6(13-5)14(9,11)12/h9-10,12,14-15,27H,4-8,11,13H2,1-3H3;2*8,15-16H,1-7H3;2*3,10H,1-2H3,(H2,9,11,12)/t14-;;;;/m1..../s1. The van der Waals surface area contributed by atoms with Crippen LogP contribution in [0, 0.1) is 23.4 Å². The number of rotatable bonds is 20. The average Bonchev–Trinajstić information content (AvgIpc) is 1.75. The number of hydrogen-bond donors (Lipinski definition) is 9. The van der Waals surface area contributed by atoms with Gasteiger partial charge in [0.05, 0.1) is 28.0 Å². The van der Waals surface area contributed by atoms with E-state index in [1.807, 2.05) is 67.7 Å². The van der Waals surface area contributed by atoms with Gasteiger partial charge in [0.2, 0.25) is 30.1 Å². The van der Waals surface area contributed by atoms with E-state index in [0.717, 1.165) is 77.0 Å². The lowest BCUT2D eigenvalue weighted by atomic mass is 9.86. The number of fused-ring (bicyclic) bond motifs is 1. The number of nitrogens with one attached hydrogen (secondary N) is 2. The number of benzene rings is 1. The molecule has 1 atom stereocenters. The highest BCUT2D eigenvalue weighted by atomic mass is 79.9. The molecule has 6 aromatic rings. The minimum atomic E-state index is -4.12. The Balaban J connectivity index is 0.000000277. The summed E-state index contributed by atoms with van der Waals surface area (Å²) in [4.78, 5) is 14.8. The summed E-state index contributed by atoms with van der Waals surface area (Å²) in [6, 6.07) is 10.6. The van der Waals surface area contributed by atoms with Gasteiger partial charge in [0, 0.05) is 39.8 Å². The van der Waals surface area contributed by atoms with Crippen molar-refractivity contribution >= 4 is 161 Å². The lowest BCUT2D eigenvalue weighted by Crippen LogP contribution is -2.54. The van der Waals surface area contributed by atoms with E-state index in [0.29, 0.717) is 53.2 Å². The zero-order chi connectivity index (χ0) is 78.6. The minimum Gasteiger partial charge on any atom is -0.385 e. The second-order valence-corrected chi connectivity index (χ2v) is 57.9. The first-order valence-corrected chi connectivity index (χ1v) is 50.9. The second kappa shape index (κ2) is 32.3. The topological polar surface area (TPSA) is 365 Å². The van der Waals surface area contributed by atoms with Gasteiger partial charge in [0.25, 0.3) is 10.0 Å². The second-order valence-electron chi connectivity index (χ2n) is 30.8. The number of aryl methyl sites for hydroxylation is 1. The number of hydrogen-bond acceptors (Lipinski definition) is 21. The predicted molar refractivity (Wildman–Crippen MR) is 411 cm³/mol. The molecular weight excluding hydrogens is 1670 g/mol. The Morgan fingerprint density at radius 2 is 0.851 bits per heavy atom. The molecule has 1 aromatic carbocycles. The smallest absolute Gasteiger partial charge is 0.250 e. The third kappa shape index (κ3) is 24.7. The van der Waals surface area contributed by atoms with Gasteiger partial charge in [-0.05, 0) is 208 Å². The number of ketones is 1. The molecule has 2 aliphatic rings. The van der Waals surface area contributed by atoms with Gasteiger partial charge in [-0.2, -0.15) is 0 Å². The Morgan fingerprint density at radius 1 is 0.525 bits per heavy atom. The molecule has 8 rings (SSSR count). The van der Waals surface area contributed by atoms with E-state index in [1.165, 1.54) is 71.1 Å². The number of sulfonamides is 4. The highest BCUT2D eigenvalue weighted by Gasteiger charge is 2.43. The van der Waals surface area contributed by atoms with Crippen molar-refractivity contribution in [3.8, 4) is 0 Å². The maximum absolute atomic E-state index is 14.4. The third-order valence-electron chi connectivity index (χ3n) is 17.1. The summed E-state index contributed by atoms with van der Waals surface area (Å²) in [6.07, 6.45) is 5.43. The van der Waals surface area contributed by atoms with Crippen LogP contribution in [0.2, 0.25) is 36.3 Å². The Labute approximate surface area is 634 Å². The Kier molecular flexibility index (Phi) is 29.2. The zero-order valence-corrected chi connectivity index (χ0v) is 73.8. The summed E-state index contributed by atoms with van der Waals surface area (Å²) in [7, 11) is -23.9. The lowest BCUT2D eigenvalue weighted by Gasteiger charge is -2.36. The van der Waals surface area contributed by atoms with E-state index in [-0.39, 0.29) is 43.8 Å². The van der Waals surface area contributed by atoms with Crippen LogP contribution < -0.4 is 19.1 Å². The number of primary sulfonamides is 2. The first-order valence-electron chi connectivity index (χ1n) is 31.5. The van der Waals surface area contributed by atoms with E-state index in [9.17, 15) is 85.6 Å². The van der Waals surface area contributed by atoms with Crippen LogP contribution in [0.1, 0.15) is 190 Å². The van der Waals surface area contributed by atoms with E-state index in [2.05, 4.69) is 59.7 Å². The molecule has 0 aliphatic heterocycles. The zero-order valence-electron chi connectivity index (χ0n) is 60.5. The summed E-state index contributed by atoms with van der Waals surface area (Å²) in [5.41, 5.74) is -1.36. The summed E-state index contributed by atoms with van der Waals surface area (Å²) < 4.78 is 167. The Morgan fingerprint density at radius 3 is 1.19 bits per heavy atom. The summed E-state index contributed by atoms with van der Waals surface area (Å²) >= 11 is 10.6. The summed E-state index contributed by atoms with van der Waals surface area (Å²) in [5.74, 6) is -2.79. The fraction of sp³-hybridized carbons (Fsp3) is 0.578. The maximum atomic E-state index is 14.4. The molecule has 20 nitrogen and oxygen atoms in total. The maximum Gasteiger partial charge on any atom is 0.250 e. The molecule has 0 saturated heterocycles. The van der Waals surface area contributed by atoms with E-state index in [1.54, 1.807) is 39.8 Å². The molecule has 11 N–H and O–H groups in total. The van der Waals surface area contributed by atoms with Gasteiger partial charge in [-0.15, -0.1) is 56.7 Å². The SMILES string of the molecule is CC(C)(O)c1cc(Br)c(S(=O)(=O)N[Si](C)(C)C(C)(C)C)s1.CC(C)(O)c1cc(Br)c(S(N)(=O)=O)s1.CC(C)(O)c1cc(F)c(S(=O)(=O)N[Si](C)(C)C(C)(C)C)s1.CC(C)(O)c1cc(F)c(S(N)(=O)=O)s1.C[C@@H](c1ccc2c(c1CC(=O)CS(=O)(=O)c1sc(C(C)(C)O)cc1F)CCC2)C1CC1. The van der Waals surface area contributed by atoms with Crippen LogP contribution in [0.3, 0.4) is 0 Å². The van der Waals surface area contributed by atoms with Crippen molar-refractivity contribution in [2.24, 2.45) is 16.2 Å². The highest BCUT2D eigenvalue weighted by molar-refractivity contribution is 9.10. The van der Waals surface area contributed by atoms with E-state index in [4.69, 9.17) is 10.3 Å². The summed E-state index contributed by atoms with van der Waals surface area (Å²) in [5, 5.41) is 58.6. The number of thiophene rings is 5. The van der Waals surface area contributed by atoms with Crippen molar-refractivity contribution in [2.45, 2.75) is 247 Å². The number of Topliss-reactive ketones (excluding diaryl/α,β-unsaturated/α-hetero) is 1. The number of sulfone groups is 1. The molecule has 0 bridgehead atoms. The van der Waals surface area contributed by atoms with E-state index < -0.39 is 132 Å². The van der Waals surface area contributed by atoms with Crippen LogP contribution in [0.5, 0.6) is 0 Å². The third-order valence-corrected chi connectivity index (χ3v) is 48.3. The van der Waals surface area contributed by atoms with Crippen molar-refractivity contribution in [1.29, 1.82) is 0 Å². The molecule has 1 fully saturated rings. The number of nitrogens with two attached hydrogens (primary N) is 2. The molecule has 0 amide bonds. The van der Waals surface area contributed by atoms with Gasteiger partial charge in [0.1, 0.15) is 30.6 Å². The molecule has 101 heavy (non-hydrogen) atoms. The van der Waals surface area contributed by atoms with Gasteiger partial charge in [-0.1, -0.05) is 86.8 Å². The first kappa shape index (κ1) is 91.4. The lowest BCUT2D eigenvalue weighted by molar-refractivity contribution is -0.116. The number of carbonyl (C=O) groups excluding carboxylic acids is 1. The minimum absolute atomic E-state index is 0.0367. The van der Waals surface area contributed by atoms with E-state index >= 15 is 0 Å². The van der Waals surface area contributed by atoms with Crippen LogP contribution >= 0.6 is 88.5 Å². The molecule has 5 heterocycles. The fourth-order valence-corrected chi connectivity index (χ4v) is 31.0. The monoisotopic (exact) mass is 1770 g/mol. The normalized spacial score (nSPS) is 15.1. The quantitative estimate of drug-likeness (QED) is 0.0321. The number of carbonyl (C=O) groups is 1. The molecule has 0 unspecified atom stereocenters. The predicted octanol–water partition coefficient (Wildman–Crippen LogP) is 14.3. The largest absolute Gasteiger partial charge is 0.385 e. The van der Waals surface area contributed by atoms with Gasteiger partial charge < -0.3 is 25.5 Å². The molecule has 0 spiro atoms. The molecule has 1 saturated carbocycles.